The van der Waals surface area contributed by atoms with E-state index in [0.29, 0.717) is 17.8 Å². The number of nitrogens with zero attached hydrogens (tertiary/aromatic N) is 1. The maximum Gasteiger partial charge on any atom is 0.254 e. The average Bonchev–Trinajstić information content (AvgIpc) is 2.54. The quantitative estimate of drug-likeness (QED) is 0.834. The van der Waals surface area contributed by atoms with E-state index in [4.69, 9.17) is 5.73 Å². The first-order valence-electron chi connectivity index (χ1n) is 7.82. The van der Waals surface area contributed by atoms with Crippen LogP contribution < -0.4 is 5.73 Å². The van der Waals surface area contributed by atoms with Crippen molar-refractivity contribution in [2.75, 3.05) is 18.8 Å². The molecule has 0 saturated carbocycles. The molecule has 2 aromatic carbocycles. The van der Waals surface area contributed by atoms with Crippen molar-refractivity contribution in [3.63, 3.8) is 0 Å². The summed E-state index contributed by atoms with van der Waals surface area (Å²) >= 11 is 0. The first-order chi connectivity index (χ1) is 10.9. The third-order valence-electron chi connectivity index (χ3n) is 4.02. The van der Waals surface area contributed by atoms with E-state index in [0.717, 1.165) is 16.7 Å². The SMILES string of the molecule is CCN(CC(O)c1ccc(C)cc1)C(=O)c1cc(N)ccc1C. The highest BCUT2D eigenvalue weighted by Crippen LogP contribution is 2.19. The third kappa shape index (κ3) is 4.11. The van der Waals surface area contributed by atoms with Crippen molar-refractivity contribution in [3.8, 4) is 0 Å². The largest absolute Gasteiger partial charge is 0.399 e. The summed E-state index contributed by atoms with van der Waals surface area (Å²) < 4.78 is 0. The van der Waals surface area contributed by atoms with Gasteiger partial charge in [0.05, 0.1) is 12.6 Å². The summed E-state index contributed by atoms with van der Waals surface area (Å²) in [4.78, 5) is 14.4. The Morgan fingerprint density at radius 1 is 1.17 bits per heavy atom. The van der Waals surface area contributed by atoms with Crippen molar-refractivity contribution in [1.82, 2.24) is 4.90 Å². The van der Waals surface area contributed by atoms with Gasteiger partial charge in [0.1, 0.15) is 0 Å². The van der Waals surface area contributed by atoms with Crippen LogP contribution in [0, 0.1) is 13.8 Å². The van der Waals surface area contributed by atoms with Crippen molar-refractivity contribution < 1.29 is 9.90 Å². The fourth-order valence-corrected chi connectivity index (χ4v) is 2.50. The Bertz CT molecular complexity index is 680. The number of likely N-dealkylation sites (N-methyl/N-ethyl adjacent to an activating group) is 1. The lowest BCUT2D eigenvalue weighted by Crippen LogP contribution is -2.35. The van der Waals surface area contributed by atoms with Gasteiger partial charge < -0.3 is 15.7 Å². The van der Waals surface area contributed by atoms with E-state index in [1.54, 1.807) is 17.0 Å². The van der Waals surface area contributed by atoms with Crippen LogP contribution in [0.5, 0.6) is 0 Å². The van der Waals surface area contributed by atoms with Gasteiger partial charge >= 0.3 is 0 Å². The summed E-state index contributed by atoms with van der Waals surface area (Å²) in [6, 6.07) is 13.0. The molecule has 0 heterocycles. The zero-order valence-corrected chi connectivity index (χ0v) is 13.9. The fraction of sp³-hybridized carbons (Fsp3) is 0.316. The molecule has 2 aromatic rings. The second-order valence-corrected chi connectivity index (χ2v) is 5.84. The Morgan fingerprint density at radius 3 is 2.43 bits per heavy atom. The van der Waals surface area contributed by atoms with Gasteiger partial charge in [-0.1, -0.05) is 35.9 Å². The molecule has 4 heteroatoms. The van der Waals surface area contributed by atoms with Crippen molar-refractivity contribution >= 4 is 11.6 Å². The van der Waals surface area contributed by atoms with E-state index < -0.39 is 6.10 Å². The number of anilines is 1. The monoisotopic (exact) mass is 312 g/mol. The molecule has 0 bridgehead atoms. The molecule has 1 unspecified atom stereocenters. The van der Waals surface area contributed by atoms with Gasteiger partial charge in [0.15, 0.2) is 0 Å². The molecule has 2 rings (SSSR count). The summed E-state index contributed by atoms with van der Waals surface area (Å²) in [5, 5.41) is 10.4. The first kappa shape index (κ1) is 17.0. The molecule has 0 spiro atoms. The molecule has 0 aromatic heterocycles. The molecule has 0 aliphatic rings. The van der Waals surface area contributed by atoms with Crippen molar-refractivity contribution in [1.29, 1.82) is 0 Å². The lowest BCUT2D eigenvalue weighted by atomic mass is 10.0. The van der Waals surface area contributed by atoms with E-state index in [1.165, 1.54) is 0 Å². The minimum absolute atomic E-state index is 0.108. The second kappa shape index (κ2) is 7.29. The number of rotatable bonds is 5. The number of hydrogen-bond donors (Lipinski definition) is 2. The van der Waals surface area contributed by atoms with Crippen molar-refractivity contribution in [2.45, 2.75) is 26.9 Å². The van der Waals surface area contributed by atoms with Gasteiger partial charge in [0, 0.05) is 17.8 Å². The van der Waals surface area contributed by atoms with Gasteiger partial charge in [0.2, 0.25) is 0 Å². The fourth-order valence-electron chi connectivity index (χ4n) is 2.50. The number of nitrogen functional groups attached to an aromatic ring is 1. The highest BCUT2D eigenvalue weighted by atomic mass is 16.3. The Hall–Kier alpha value is -2.33. The maximum absolute atomic E-state index is 12.7. The van der Waals surface area contributed by atoms with Gasteiger partial charge in [-0.25, -0.2) is 0 Å². The molecule has 4 nitrogen and oxygen atoms in total. The number of nitrogens with two attached hydrogens (primary N) is 1. The number of aliphatic hydroxyl groups is 1. The van der Waals surface area contributed by atoms with Crippen LogP contribution in [0.25, 0.3) is 0 Å². The summed E-state index contributed by atoms with van der Waals surface area (Å²) in [5.74, 6) is -0.108. The maximum atomic E-state index is 12.7. The second-order valence-electron chi connectivity index (χ2n) is 5.84. The van der Waals surface area contributed by atoms with Crippen LogP contribution in [0.15, 0.2) is 42.5 Å². The first-order valence-corrected chi connectivity index (χ1v) is 7.82. The van der Waals surface area contributed by atoms with Crippen LogP contribution in [-0.2, 0) is 0 Å². The average molecular weight is 312 g/mol. The van der Waals surface area contributed by atoms with E-state index in [9.17, 15) is 9.90 Å². The lowest BCUT2D eigenvalue weighted by Gasteiger charge is -2.25. The highest BCUT2D eigenvalue weighted by Gasteiger charge is 2.20. The molecule has 23 heavy (non-hydrogen) atoms. The normalized spacial score (nSPS) is 12.0. The van der Waals surface area contributed by atoms with Gasteiger partial charge in [-0.2, -0.15) is 0 Å². The molecule has 0 saturated heterocycles. The molecule has 3 N–H and O–H groups in total. The van der Waals surface area contributed by atoms with Crippen molar-refractivity contribution in [2.24, 2.45) is 0 Å². The molecule has 1 amide bonds. The zero-order valence-electron chi connectivity index (χ0n) is 13.9. The number of hydrogen-bond acceptors (Lipinski definition) is 3. The van der Waals surface area contributed by atoms with Crippen LogP contribution in [-0.4, -0.2) is 29.0 Å². The van der Waals surface area contributed by atoms with Crippen LogP contribution in [0.2, 0.25) is 0 Å². The smallest absolute Gasteiger partial charge is 0.254 e. The Kier molecular flexibility index (Phi) is 5.40. The number of amides is 1. The molecule has 0 aliphatic carbocycles. The molecule has 122 valence electrons. The Morgan fingerprint density at radius 2 is 1.83 bits per heavy atom. The van der Waals surface area contributed by atoms with Crippen LogP contribution >= 0.6 is 0 Å². The van der Waals surface area contributed by atoms with Crippen LogP contribution in [0.4, 0.5) is 5.69 Å². The zero-order chi connectivity index (χ0) is 17.0. The minimum Gasteiger partial charge on any atom is -0.399 e. The number of aliphatic hydroxyl groups excluding tert-OH is 1. The Balaban J connectivity index is 2.17. The summed E-state index contributed by atoms with van der Waals surface area (Å²) in [5.41, 5.74) is 9.78. The van der Waals surface area contributed by atoms with Gasteiger partial charge in [-0.15, -0.1) is 0 Å². The number of carbonyl (C=O) groups excluding carboxylic acids is 1. The number of benzene rings is 2. The van der Waals surface area contributed by atoms with Crippen LogP contribution in [0.1, 0.15) is 40.1 Å². The van der Waals surface area contributed by atoms with Crippen LogP contribution in [0.3, 0.4) is 0 Å². The molecular weight excluding hydrogens is 288 g/mol. The topological polar surface area (TPSA) is 66.6 Å². The van der Waals surface area contributed by atoms with E-state index in [2.05, 4.69) is 0 Å². The van der Waals surface area contributed by atoms with E-state index in [1.807, 2.05) is 51.1 Å². The molecular formula is C19H24N2O2. The molecule has 1 atom stereocenters. The van der Waals surface area contributed by atoms with E-state index >= 15 is 0 Å². The predicted molar refractivity (Wildman–Crippen MR) is 93.3 cm³/mol. The molecule has 0 aliphatic heterocycles. The highest BCUT2D eigenvalue weighted by molar-refractivity contribution is 5.96. The van der Waals surface area contributed by atoms with E-state index in [-0.39, 0.29) is 12.5 Å². The van der Waals surface area contributed by atoms with Gasteiger partial charge in [-0.3, -0.25) is 4.79 Å². The van der Waals surface area contributed by atoms with Gasteiger partial charge in [0.25, 0.3) is 5.91 Å². The van der Waals surface area contributed by atoms with Crippen molar-refractivity contribution in [3.05, 3.63) is 64.7 Å². The minimum atomic E-state index is -0.708. The Labute approximate surface area is 137 Å². The lowest BCUT2D eigenvalue weighted by molar-refractivity contribution is 0.0634. The molecule has 0 fully saturated rings. The van der Waals surface area contributed by atoms with Gasteiger partial charge in [-0.05, 0) is 44.0 Å². The predicted octanol–water partition coefficient (Wildman–Crippen LogP) is 3.08. The summed E-state index contributed by atoms with van der Waals surface area (Å²) in [6.45, 7) is 6.57. The number of carbonyl (C=O) groups is 1. The summed E-state index contributed by atoms with van der Waals surface area (Å²) in [7, 11) is 0. The third-order valence-corrected chi connectivity index (χ3v) is 4.02. The number of aryl methyl sites for hydroxylation is 2. The summed E-state index contributed by atoms with van der Waals surface area (Å²) in [6.07, 6.45) is -0.708. The molecule has 0 radical (unpaired) electrons. The standard InChI is InChI=1S/C19H24N2O2/c1-4-21(12-18(22)15-8-5-13(2)6-9-15)19(23)17-11-16(20)10-7-14(17)3/h5-11,18,22H,4,12,20H2,1-3H3.